The Labute approximate surface area is 187 Å². The largest absolute Gasteiger partial charge is 0.462 e. The minimum atomic E-state index is -0.326. The van der Waals surface area contributed by atoms with E-state index in [-0.39, 0.29) is 5.97 Å². The summed E-state index contributed by atoms with van der Waals surface area (Å²) in [6.45, 7) is 6.18. The zero-order valence-corrected chi connectivity index (χ0v) is 18.5. The highest BCUT2D eigenvalue weighted by atomic mass is 16.5. The van der Waals surface area contributed by atoms with Gasteiger partial charge in [-0.1, -0.05) is 18.2 Å². The van der Waals surface area contributed by atoms with Crippen LogP contribution in [0.15, 0.2) is 48.5 Å². The highest BCUT2D eigenvalue weighted by molar-refractivity contribution is 5.94. The summed E-state index contributed by atoms with van der Waals surface area (Å²) in [5, 5.41) is 4.91. The minimum Gasteiger partial charge on any atom is -0.462 e. The summed E-state index contributed by atoms with van der Waals surface area (Å²) in [7, 11) is 0. The van der Waals surface area contributed by atoms with E-state index in [0.717, 1.165) is 52.7 Å². The summed E-state index contributed by atoms with van der Waals surface area (Å²) in [5.74, 6) is 1.51. The van der Waals surface area contributed by atoms with Crippen molar-refractivity contribution >= 4 is 22.8 Å². The molecule has 1 aliphatic heterocycles. The Morgan fingerprint density at radius 2 is 1.88 bits per heavy atom. The van der Waals surface area contributed by atoms with Crippen LogP contribution in [0.1, 0.15) is 42.2 Å². The van der Waals surface area contributed by atoms with Gasteiger partial charge in [0, 0.05) is 13.1 Å². The number of aryl methyl sites for hydroxylation is 1. The van der Waals surface area contributed by atoms with Crippen molar-refractivity contribution in [2.45, 2.75) is 33.1 Å². The molecule has 7 heteroatoms. The Bertz CT molecular complexity index is 1250. The van der Waals surface area contributed by atoms with Crippen LogP contribution in [0.2, 0.25) is 0 Å². The van der Waals surface area contributed by atoms with Gasteiger partial charge in [-0.05, 0) is 63.4 Å². The van der Waals surface area contributed by atoms with Crippen LogP contribution in [0.4, 0.5) is 5.82 Å². The topological polar surface area (TPSA) is 76.0 Å². The average molecular weight is 430 g/mol. The number of aromatic amines is 1. The maximum atomic E-state index is 12.2. The van der Waals surface area contributed by atoms with Crippen LogP contribution in [0, 0.1) is 6.92 Å². The number of imidazole rings is 1. The smallest absolute Gasteiger partial charge is 0.338 e. The fourth-order valence-corrected chi connectivity index (χ4v) is 4.41. The normalized spacial score (nSPS) is 14.1. The quantitative estimate of drug-likeness (QED) is 0.457. The van der Waals surface area contributed by atoms with Gasteiger partial charge in [-0.25, -0.2) is 14.5 Å². The molecule has 0 atom stereocenters. The Balaban J connectivity index is 1.65. The third-order valence-electron chi connectivity index (χ3n) is 5.92. The lowest BCUT2D eigenvalue weighted by Crippen LogP contribution is -2.31. The molecule has 0 radical (unpaired) electrons. The van der Waals surface area contributed by atoms with E-state index in [2.05, 4.69) is 22.0 Å². The Hall–Kier alpha value is -3.61. The van der Waals surface area contributed by atoms with Gasteiger partial charge in [-0.3, -0.25) is 0 Å². The number of benzene rings is 2. The number of hydrogen-bond acceptors (Lipinski definition) is 5. The Kier molecular flexibility index (Phi) is 5.39. The van der Waals surface area contributed by atoms with Crippen molar-refractivity contribution in [1.82, 2.24) is 19.7 Å². The van der Waals surface area contributed by atoms with Crippen molar-refractivity contribution in [3.05, 3.63) is 59.8 Å². The molecule has 164 valence electrons. The predicted molar refractivity (Wildman–Crippen MR) is 125 cm³/mol. The van der Waals surface area contributed by atoms with Crippen LogP contribution in [0.5, 0.6) is 0 Å². The molecule has 0 bridgehead atoms. The van der Waals surface area contributed by atoms with E-state index in [0.29, 0.717) is 12.2 Å². The van der Waals surface area contributed by atoms with Gasteiger partial charge in [0.15, 0.2) is 0 Å². The van der Waals surface area contributed by atoms with Gasteiger partial charge in [0.05, 0.1) is 40.1 Å². The molecule has 0 amide bonds. The molecule has 7 nitrogen and oxygen atoms in total. The summed E-state index contributed by atoms with van der Waals surface area (Å²) in [5.41, 5.74) is 5.08. The second-order valence-corrected chi connectivity index (χ2v) is 8.12. The molecule has 2 aromatic heterocycles. The number of nitrogens with zero attached hydrogens (tertiary/aromatic N) is 4. The van der Waals surface area contributed by atoms with E-state index in [1.807, 2.05) is 35.9 Å². The number of anilines is 1. The lowest BCUT2D eigenvalue weighted by Gasteiger charge is -2.30. The standard InChI is InChI=1S/C25H27N5O2/c1-3-32-25(31)18-12-13-20-21(16-18)27-23(26-20)22-17(2)28-30(19-10-6-4-7-11-19)24(22)29-14-8-5-9-15-29/h4,6-7,10-13,16H,3,5,8-9,14-15H2,1-2H3,(H,26,27). The molecule has 4 aromatic rings. The van der Waals surface area contributed by atoms with Gasteiger partial charge in [-0.15, -0.1) is 0 Å². The first kappa shape index (κ1) is 20.3. The molecule has 5 rings (SSSR count). The van der Waals surface area contributed by atoms with E-state index in [4.69, 9.17) is 14.8 Å². The van der Waals surface area contributed by atoms with Crippen molar-refractivity contribution in [3.8, 4) is 17.1 Å². The first-order valence-electron chi connectivity index (χ1n) is 11.2. The highest BCUT2D eigenvalue weighted by Gasteiger charge is 2.26. The molecule has 1 saturated heterocycles. The molecular weight excluding hydrogens is 402 g/mol. The van der Waals surface area contributed by atoms with Crippen molar-refractivity contribution in [2.24, 2.45) is 0 Å². The molecule has 1 N–H and O–H groups in total. The summed E-state index contributed by atoms with van der Waals surface area (Å²) >= 11 is 0. The van der Waals surface area contributed by atoms with Crippen LogP contribution in [0.25, 0.3) is 28.1 Å². The fourth-order valence-electron chi connectivity index (χ4n) is 4.41. The third-order valence-corrected chi connectivity index (χ3v) is 5.92. The number of nitrogens with one attached hydrogen (secondary N) is 1. The Morgan fingerprint density at radius 3 is 2.62 bits per heavy atom. The Morgan fingerprint density at radius 1 is 1.09 bits per heavy atom. The minimum absolute atomic E-state index is 0.326. The molecule has 0 aliphatic carbocycles. The van der Waals surface area contributed by atoms with Crippen LogP contribution in [0.3, 0.4) is 0 Å². The van der Waals surface area contributed by atoms with Crippen LogP contribution in [-0.2, 0) is 4.74 Å². The molecule has 3 heterocycles. The average Bonchev–Trinajstić information content (AvgIpc) is 3.40. The van der Waals surface area contributed by atoms with E-state index < -0.39 is 0 Å². The van der Waals surface area contributed by atoms with Gasteiger partial charge < -0.3 is 14.6 Å². The molecule has 0 unspecified atom stereocenters. The lowest BCUT2D eigenvalue weighted by molar-refractivity contribution is 0.0526. The number of fused-ring (bicyclic) bond motifs is 1. The van der Waals surface area contributed by atoms with E-state index in [1.165, 1.54) is 19.3 Å². The molecule has 32 heavy (non-hydrogen) atoms. The molecule has 0 saturated carbocycles. The number of carbonyl (C=O) groups is 1. The molecule has 1 fully saturated rings. The zero-order chi connectivity index (χ0) is 22.1. The van der Waals surface area contributed by atoms with Gasteiger partial charge in [-0.2, -0.15) is 5.10 Å². The highest BCUT2D eigenvalue weighted by Crippen LogP contribution is 2.36. The maximum Gasteiger partial charge on any atom is 0.338 e. The second-order valence-electron chi connectivity index (χ2n) is 8.12. The number of carbonyl (C=O) groups excluding carboxylic acids is 1. The van der Waals surface area contributed by atoms with Crippen LogP contribution in [-0.4, -0.2) is 45.4 Å². The lowest BCUT2D eigenvalue weighted by atomic mass is 10.1. The van der Waals surface area contributed by atoms with Crippen molar-refractivity contribution in [2.75, 3.05) is 24.6 Å². The summed E-state index contributed by atoms with van der Waals surface area (Å²) < 4.78 is 7.18. The number of piperidine rings is 1. The second kappa shape index (κ2) is 8.49. The van der Waals surface area contributed by atoms with Gasteiger partial charge in [0.1, 0.15) is 11.6 Å². The van der Waals surface area contributed by atoms with Gasteiger partial charge >= 0.3 is 5.97 Å². The number of aromatic nitrogens is 4. The van der Waals surface area contributed by atoms with Gasteiger partial charge in [0.2, 0.25) is 0 Å². The zero-order valence-electron chi connectivity index (χ0n) is 18.5. The van der Waals surface area contributed by atoms with E-state index >= 15 is 0 Å². The monoisotopic (exact) mass is 429 g/mol. The summed E-state index contributed by atoms with van der Waals surface area (Å²) in [6, 6.07) is 15.7. The number of ether oxygens (including phenoxy) is 1. The first-order valence-corrected chi connectivity index (χ1v) is 11.2. The number of esters is 1. The predicted octanol–water partition coefficient (Wildman–Crippen LogP) is 4.89. The molecule has 1 aliphatic rings. The molecule has 0 spiro atoms. The van der Waals surface area contributed by atoms with Crippen LogP contribution >= 0.6 is 0 Å². The summed E-state index contributed by atoms with van der Waals surface area (Å²) in [4.78, 5) is 22.9. The number of H-pyrrole nitrogens is 1. The van der Waals surface area contributed by atoms with E-state index in [9.17, 15) is 4.79 Å². The fraction of sp³-hybridized carbons (Fsp3) is 0.320. The SMILES string of the molecule is CCOC(=O)c1ccc2nc(-c3c(C)nn(-c4ccccc4)c3N3CCCCC3)[nH]c2c1. The number of para-hydroxylation sites is 1. The van der Waals surface area contributed by atoms with Crippen molar-refractivity contribution in [3.63, 3.8) is 0 Å². The number of rotatable bonds is 5. The van der Waals surface area contributed by atoms with E-state index in [1.54, 1.807) is 19.1 Å². The summed E-state index contributed by atoms with van der Waals surface area (Å²) in [6.07, 6.45) is 3.59. The third kappa shape index (κ3) is 3.64. The number of hydrogen-bond donors (Lipinski definition) is 1. The van der Waals surface area contributed by atoms with Crippen molar-refractivity contribution < 1.29 is 9.53 Å². The van der Waals surface area contributed by atoms with Crippen LogP contribution < -0.4 is 4.90 Å². The van der Waals surface area contributed by atoms with Crippen molar-refractivity contribution in [1.29, 1.82) is 0 Å². The van der Waals surface area contributed by atoms with Gasteiger partial charge in [0.25, 0.3) is 0 Å². The molecular formula is C25H27N5O2. The first-order chi connectivity index (χ1) is 15.7. The molecule has 2 aromatic carbocycles. The maximum absolute atomic E-state index is 12.2.